The number of hydrogen-bond acceptors (Lipinski definition) is 3. The van der Waals surface area contributed by atoms with Crippen LogP contribution in [0.2, 0.25) is 0 Å². The lowest BCUT2D eigenvalue weighted by Crippen LogP contribution is -2.61. The van der Waals surface area contributed by atoms with Crippen molar-refractivity contribution in [3.05, 3.63) is 0 Å². The lowest BCUT2D eigenvalue weighted by atomic mass is 9.75. The highest BCUT2D eigenvalue weighted by molar-refractivity contribution is 5.86. The van der Waals surface area contributed by atoms with Gasteiger partial charge in [0.15, 0.2) is 0 Å². The lowest BCUT2D eigenvalue weighted by molar-refractivity contribution is -0.146. The monoisotopic (exact) mass is 298 g/mol. The second-order valence-electron chi connectivity index (χ2n) is 6.68. The molecular formula is C15H26N2O4. The minimum absolute atomic E-state index is 0.398. The molecule has 1 aliphatic carbocycles. The van der Waals surface area contributed by atoms with Crippen LogP contribution >= 0.6 is 0 Å². The van der Waals surface area contributed by atoms with Gasteiger partial charge in [0.1, 0.15) is 5.54 Å². The molecule has 2 amide bonds. The predicted octanol–water partition coefficient (Wildman–Crippen LogP) is 1.89. The van der Waals surface area contributed by atoms with Gasteiger partial charge in [-0.2, -0.15) is 0 Å². The van der Waals surface area contributed by atoms with E-state index in [0.29, 0.717) is 32.0 Å². The highest BCUT2D eigenvalue weighted by Crippen LogP contribution is 2.34. The summed E-state index contributed by atoms with van der Waals surface area (Å²) in [5.74, 6) is -0.358. The highest BCUT2D eigenvalue weighted by atomic mass is 16.5. The average Bonchev–Trinajstić information content (AvgIpc) is 2.85. The van der Waals surface area contributed by atoms with E-state index in [0.717, 1.165) is 25.7 Å². The van der Waals surface area contributed by atoms with Gasteiger partial charge in [-0.25, -0.2) is 9.59 Å². The number of ether oxygens (including phenoxy) is 1. The third-order valence-electron chi connectivity index (χ3n) is 4.93. The smallest absolute Gasteiger partial charge is 0.329 e. The number of carbonyl (C=O) groups excluding carboxylic acids is 1. The maximum atomic E-state index is 12.2. The molecule has 6 heteroatoms. The summed E-state index contributed by atoms with van der Waals surface area (Å²) in [7, 11) is 0. The molecule has 2 fully saturated rings. The van der Waals surface area contributed by atoms with Crippen LogP contribution in [0.25, 0.3) is 0 Å². The van der Waals surface area contributed by atoms with Crippen molar-refractivity contribution in [2.45, 2.75) is 63.5 Å². The first kappa shape index (κ1) is 16.1. The molecule has 0 spiro atoms. The normalized spacial score (nSPS) is 36.2. The van der Waals surface area contributed by atoms with Gasteiger partial charge >= 0.3 is 12.0 Å². The zero-order valence-corrected chi connectivity index (χ0v) is 12.9. The number of carboxylic acid groups (broad SMARTS) is 1. The number of rotatable bonds is 4. The lowest BCUT2D eigenvalue weighted by Gasteiger charge is -2.38. The van der Waals surface area contributed by atoms with Crippen LogP contribution in [-0.2, 0) is 9.53 Å². The molecule has 0 aromatic heterocycles. The van der Waals surface area contributed by atoms with Gasteiger partial charge in [0, 0.05) is 6.61 Å². The summed E-state index contributed by atoms with van der Waals surface area (Å²) < 4.78 is 5.29. The molecule has 1 saturated heterocycles. The molecule has 1 aliphatic heterocycles. The number of nitrogens with one attached hydrogen (secondary N) is 2. The van der Waals surface area contributed by atoms with Gasteiger partial charge in [0.2, 0.25) is 0 Å². The quantitative estimate of drug-likeness (QED) is 0.739. The molecule has 1 unspecified atom stereocenters. The van der Waals surface area contributed by atoms with Crippen LogP contribution in [0.1, 0.15) is 52.4 Å². The molecule has 0 aromatic rings. The van der Waals surface area contributed by atoms with Crippen LogP contribution in [0.5, 0.6) is 0 Å². The molecule has 21 heavy (non-hydrogen) atoms. The predicted molar refractivity (Wildman–Crippen MR) is 78.1 cm³/mol. The highest BCUT2D eigenvalue weighted by Gasteiger charge is 2.44. The van der Waals surface area contributed by atoms with Crippen LogP contribution in [0.3, 0.4) is 0 Å². The van der Waals surface area contributed by atoms with Gasteiger partial charge in [-0.05, 0) is 44.9 Å². The van der Waals surface area contributed by atoms with Gasteiger partial charge in [-0.3, -0.25) is 0 Å². The summed E-state index contributed by atoms with van der Waals surface area (Å²) in [5.41, 5.74) is -1.52. The van der Waals surface area contributed by atoms with Crippen LogP contribution in [0.15, 0.2) is 0 Å². The van der Waals surface area contributed by atoms with Crippen molar-refractivity contribution in [3.63, 3.8) is 0 Å². The fourth-order valence-corrected chi connectivity index (χ4v) is 3.26. The van der Waals surface area contributed by atoms with Crippen molar-refractivity contribution in [1.82, 2.24) is 10.6 Å². The van der Waals surface area contributed by atoms with E-state index in [-0.39, 0.29) is 0 Å². The van der Waals surface area contributed by atoms with Gasteiger partial charge < -0.3 is 20.5 Å². The average molecular weight is 298 g/mol. The molecule has 2 rings (SSSR count). The summed E-state index contributed by atoms with van der Waals surface area (Å²) in [6.45, 7) is 5.14. The standard InChI is InChI=1S/C15H26N2O4/c1-3-11-4-6-15(7-5-11,12(18)19)17-13(20)16-14(2)8-9-21-10-14/h11H,3-10H2,1-2H3,(H,18,19)(H2,16,17,20). The molecule has 2 aliphatic rings. The van der Waals surface area contributed by atoms with Crippen molar-refractivity contribution in [3.8, 4) is 0 Å². The minimum atomic E-state index is -1.12. The molecule has 1 atom stereocenters. The fraction of sp³-hybridized carbons (Fsp3) is 0.867. The number of amides is 2. The topological polar surface area (TPSA) is 87.7 Å². The van der Waals surface area contributed by atoms with Crippen LogP contribution in [0, 0.1) is 5.92 Å². The second-order valence-corrected chi connectivity index (χ2v) is 6.68. The molecule has 1 heterocycles. The number of carboxylic acids is 1. The first-order chi connectivity index (χ1) is 9.89. The molecular weight excluding hydrogens is 272 g/mol. The Bertz CT molecular complexity index is 396. The molecule has 0 aromatic carbocycles. The maximum Gasteiger partial charge on any atom is 0.329 e. The largest absolute Gasteiger partial charge is 0.480 e. The van der Waals surface area contributed by atoms with Crippen LogP contribution in [-0.4, -0.2) is 41.4 Å². The van der Waals surface area contributed by atoms with E-state index in [2.05, 4.69) is 17.6 Å². The summed E-state index contributed by atoms with van der Waals surface area (Å²) in [6, 6.07) is -0.402. The zero-order chi connectivity index (χ0) is 15.5. The van der Waals surface area contributed by atoms with E-state index in [1.54, 1.807) is 0 Å². The Morgan fingerprint density at radius 3 is 2.38 bits per heavy atom. The molecule has 6 nitrogen and oxygen atoms in total. The SMILES string of the molecule is CCC1CCC(NC(=O)NC2(C)CCOC2)(C(=O)O)CC1. The van der Waals surface area contributed by atoms with E-state index in [1.807, 2.05) is 6.92 Å². The molecule has 0 bridgehead atoms. The first-order valence-electron chi connectivity index (χ1n) is 7.81. The Kier molecular flexibility index (Phi) is 4.76. The van der Waals surface area contributed by atoms with Gasteiger partial charge in [-0.15, -0.1) is 0 Å². The van der Waals surface area contributed by atoms with Gasteiger partial charge in [0.05, 0.1) is 12.1 Å². The summed E-state index contributed by atoms with van der Waals surface area (Å²) in [6.07, 6.45) is 4.52. The third kappa shape index (κ3) is 3.67. The number of hydrogen-bond donors (Lipinski definition) is 3. The van der Waals surface area contributed by atoms with Gasteiger partial charge in [-0.1, -0.05) is 13.3 Å². The van der Waals surface area contributed by atoms with E-state index >= 15 is 0 Å². The number of aliphatic carboxylic acids is 1. The molecule has 1 saturated carbocycles. The Balaban J connectivity index is 1.97. The molecule has 3 N–H and O–H groups in total. The van der Waals surface area contributed by atoms with E-state index < -0.39 is 23.1 Å². The first-order valence-corrected chi connectivity index (χ1v) is 7.81. The van der Waals surface area contributed by atoms with Crippen molar-refractivity contribution >= 4 is 12.0 Å². The van der Waals surface area contributed by atoms with E-state index in [9.17, 15) is 14.7 Å². The number of carbonyl (C=O) groups is 2. The Labute approximate surface area is 125 Å². The summed E-state index contributed by atoms with van der Waals surface area (Å²) >= 11 is 0. The third-order valence-corrected chi connectivity index (χ3v) is 4.93. The minimum Gasteiger partial charge on any atom is -0.480 e. The summed E-state index contributed by atoms with van der Waals surface area (Å²) in [5, 5.41) is 15.1. The fourth-order valence-electron chi connectivity index (χ4n) is 3.26. The number of urea groups is 1. The van der Waals surface area contributed by atoms with Crippen LogP contribution < -0.4 is 10.6 Å². The maximum absolute atomic E-state index is 12.2. The van der Waals surface area contributed by atoms with Crippen molar-refractivity contribution in [2.75, 3.05) is 13.2 Å². The molecule has 120 valence electrons. The van der Waals surface area contributed by atoms with Crippen molar-refractivity contribution in [1.29, 1.82) is 0 Å². The zero-order valence-electron chi connectivity index (χ0n) is 12.9. The second kappa shape index (κ2) is 6.22. The van der Waals surface area contributed by atoms with Crippen molar-refractivity contribution < 1.29 is 19.4 Å². The Morgan fingerprint density at radius 1 is 1.24 bits per heavy atom. The Hall–Kier alpha value is -1.30. The van der Waals surface area contributed by atoms with Gasteiger partial charge in [0.25, 0.3) is 0 Å². The summed E-state index contributed by atoms with van der Waals surface area (Å²) in [4.78, 5) is 23.8. The molecule has 0 radical (unpaired) electrons. The van der Waals surface area contributed by atoms with Crippen molar-refractivity contribution in [2.24, 2.45) is 5.92 Å². The Morgan fingerprint density at radius 2 is 1.90 bits per heavy atom. The van der Waals surface area contributed by atoms with E-state index in [4.69, 9.17) is 4.74 Å². The van der Waals surface area contributed by atoms with Crippen LogP contribution in [0.4, 0.5) is 4.79 Å². The van der Waals surface area contributed by atoms with E-state index in [1.165, 1.54) is 0 Å².